The Hall–Kier alpha value is -1.81. The fourth-order valence-electron chi connectivity index (χ4n) is 1.68. The zero-order valence-corrected chi connectivity index (χ0v) is 12.0. The van der Waals surface area contributed by atoms with Crippen molar-refractivity contribution in [2.45, 2.75) is 17.9 Å². The van der Waals surface area contributed by atoms with Crippen LogP contribution in [0, 0.1) is 5.82 Å². The van der Waals surface area contributed by atoms with E-state index in [4.69, 9.17) is 0 Å². The largest absolute Gasteiger partial charge is 0.325 e. The van der Waals surface area contributed by atoms with E-state index >= 15 is 0 Å². The molecule has 1 atom stereocenters. The Morgan fingerprint density at radius 2 is 1.95 bits per heavy atom. The first kappa shape index (κ1) is 14.6. The smallest absolute Gasteiger partial charge is 0.237 e. The van der Waals surface area contributed by atoms with Crippen molar-refractivity contribution in [2.24, 2.45) is 0 Å². The van der Waals surface area contributed by atoms with Gasteiger partial charge in [0.2, 0.25) is 5.91 Å². The van der Waals surface area contributed by atoms with Gasteiger partial charge in [0.25, 0.3) is 0 Å². The van der Waals surface area contributed by atoms with E-state index in [2.05, 4.69) is 5.32 Å². The third-order valence-corrected chi connectivity index (χ3v) is 4.02. The standard InChI is InChI=1S/C16H16FNOS/c1-12(20-11-13-6-3-2-4-7-13)16(19)18-15-9-5-8-14(17)10-15/h2-10,12H,11H2,1H3,(H,18,19)/t12-/m1/s1. The van der Waals surface area contributed by atoms with Crippen molar-refractivity contribution >= 4 is 23.4 Å². The van der Waals surface area contributed by atoms with Gasteiger partial charge in [0.15, 0.2) is 0 Å². The molecule has 2 rings (SSSR count). The summed E-state index contributed by atoms with van der Waals surface area (Å²) in [5, 5.41) is 2.52. The Balaban J connectivity index is 1.86. The van der Waals surface area contributed by atoms with Gasteiger partial charge in [-0.2, -0.15) is 0 Å². The van der Waals surface area contributed by atoms with Gasteiger partial charge in [-0.05, 0) is 30.7 Å². The molecule has 0 aliphatic carbocycles. The van der Waals surface area contributed by atoms with Crippen molar-refractivity contribution < 1.29 is 9.18 Å². The van der Waals surface area contributed by atoms with E-state index in [1.54, 1.807) is 23.9 Å². The fourth-order valence-corrected chi connectivity index (χ4v) is 2.53. The highest BCUT2D eigenvalue weighted by Crippen LogP contribution is 2.19. The topological polar surface area (TPSA) is 29.1 Å². The first-order valence-electron chi connectivity index (χ1n) is 6.37. The van der Waals surface area contributed by atoms with Crippen LogP contribution < -0.4 is 5.32 Å². The van der Waals surface area contributed by atoms with E-state index in [0.717, 1.165) is 5.75 Å². The van der Waals surface area contributed by atoms with E-state index in [9.17, 15) is 9.18 Å². The van der Waals surface area contributed by atoms with Crippen LogP contribution in [0.5, 0.6) is 0 Å². The zero-order valence-electron chi connectivity index (χ0n) is 11.2. The second-order valence-corrected chi connectivity index (χ2v) is 5.77. The van der Waals surface area contributed by atoms with Crippen LogP contribution in [-0.2, 0) is 10.5 Å². The summed E-state index contributed by atoms with van der Waals surface area (Å²) in [6, 6.07) is 15.9. The molecular weight excluding hydrogens is 273 g/mol. The predicted octanol–water partition coefficient (Wildman–Crippen LogP) is 4.09. The number of hydrogen-bond acceptors (Lipinski definition) is 2. The average molecular weight is 289 g/mol. The van der Waals surface area contributed by atoms with Gasteiger partial charge in [0.1, 0.15) is 5.82 Å². The van der Waals surface area contributed by atoms with Gasteiger partial charge in [-0.3, -0.25) is 4.79 Å². The Morgan fingerprint density at radius 3 is 2.65 bits per heavy atom. The molecule has 0 aliphatic rings. The summed E-state index contributed by atoms with van der Waals surface area (Å²) in [4.78, 5) is 12.0. The molecule has 0 aromatic heterocycles. The molecule has 0 radical (unpaired) electrons. The van der Waals surface area contributed by atoms with Crippen molar-refractivity contribution in [2.75, 3.05) is 5.32 Å². The summed E-state index contributed by atoms with van der Waals surface area (Å²) in [5.41, 5.74) is 1.67. The van der Waals surface area contributed by atoms with Crippen LogP contribution in [0.3, 0.4) is 0 Å². The van der Waals surface area contributed by atoms with Crippen LogP contribution in [0.15, 0.2) is 54.6 Å². The van der Waals surface area contributed by atoms with Crippen molar-refractivity contribution in [3.8, 4) is 0 Å². The van der Waals surface area contributed by atoms with Gasteiger partial charge in [0, 0.05) is 11.4 Å². The Labute approximate surface area is 122 Å². The maximum Gasteiger partial charge on any atom is 0.237 e. The fraction of sp³-hybridized carbons (Fsp3) is 0.188. The SMILES string of the molecule is C[C@@H](SCc1ccccc1)C(=O)Nc1cccc(F)c1. The van der Waals surface area contributed by atoms with Crippen LogP contribution in [0.25, 0.3) is 0 Å². The zero-order chi connectivity index (χ0) is 14.4. The number of halogens is 1. The third kappa shape index (κ3) is 4.38. The van der Waals surface area contributed by atoms with Gasteiger partial charge in [-0.1, -0.05) is 36.4 Å². The molecule has 0 unspecified atom stereocenters. The van der Waals surface area contributed by atoms with E-state index in [-0.39, 0.29) is 17.0 Å². The molecular formula is C16H16FNOS. The molecule has 20 heavy (non-hydrogen) atoms. The number of anilines is 1. The lowest BCUT2D eigenvalue weighted by molar-refractivity contribution is -0.115. The molecule has 0 heterocycles. The number of benzene rings is 2. The van der Waals surface area contributed by atoms with Crippen molar-refractivity contribution in [3.63, 3.8) is 0 Å². The second-order valence-electron chi connectivity index (χ2n) is 4.44. The lowest BCUT2D eigenvalue weighted by Crippen LogP contribution is -2.22. The average Bonchev–Trinajstić information content (AvgIpc) is 2.46. The number of rotatable bonds is 5. The monoisotopic (exact) mass is 289 g/mol. The molecule has 0 bridgehead atoms. The molecule has 0 aliphatic heterocycles. The minimum Gasteiger partial charge on any atom is -0.325 e. The van der Waals surface area contributed by atoms with Gasteiger partial charge in [0.05, 0.1) is 5.25 Å². The van der Waals surface area contributed by atoms with E-state index in [1.807, 2.05) is 37.3 Å². The molecule has 1 N–H and O–H groups in total. The minimum absolute atomic E-state index is 0.114. The van der Waals surface area contributed by atoms with Gasteiger partial charge >= 0.3 is 0 Å². The molecule has 0 saturated carbocycles. The molecule has 2 nitrogen and oxygen atoms in total. The Morgan fingerprint density at radius 1 is 1.20 bits per heavy atom. The summed E-state index contributed by atoms with van der Waals surface area (Å²) in [5.74, 6) is 0.308. The summed E-state index contributed by atoms with van der Waals surface area (Å²) in [7, 11) is 0. The number of carbonyl (C=O) groups excluding carboxylic acids is 1. The highest BCUT2D eigenvalue weighted by molar-refractivity contribution is 7.99. The number of carbonyl (C=O) groups is 1. The van der Waals surface area contributed by atoms with E-state index in [0.29, 0.717) is 5.69 Å². The molecule has 4 heteroatoms. The highest BCUT2D eigenvalue weighted by atomic mass is 32.2. The Kier molecular flexibility index (Phi) is 5.18. The lowest BCUT2D eigenvalue weighted by Gasteiger charge is -2.12. The van der Waals surface area contributed by atoms with E-state index in [1.165, 1.54) is 17.7 Å². The lowest BCUT2D eigenvalue weighted by atomic mass is 10.2. The minimum atomic E-state index is -0.354. The summed E-state index contributed by atoms with van der Waals surface area (Å²) >= 11 is 1.56. The molecule has 0 saturated heterocycles. The number of nitrogens with one attached hydrogen (secondary N) is 1. The van der Waals surface area contributed by atoms with Crippen LogP contribution in [-0.4, -0.2) is 11.2 Å². The molecule has 0 spiro atoms. The maximum atomic E-state index is 13.0. The van der Waals surface area contributed by atoms with Crippen LogP contribution in [0.2, 0.25) is 0 Å². The first-order valence-corrected chi connectivity index (χ1v) is 7.42. The molecule has 104 valence electrons. The van der Waals surface area contributed by atoms with Crippen molar-refractivity contribution in [1.29, 1.82) is 0 Å². The molecule has 2 aromatic carbocycles. The maximum absolute atomic E-state index is 13.0. The first-order chi connectivity index (χ1) is 9.65. The predicted molar refractivity (Wildman–Crippen MR) is 82.2 cm³/mol. The van der Waals surface area contributed by atoms with Crippen LogP contribution in [0.1, 0.15) is 12.5 Å². The van der Waals surface area contributed by atoms with E-state index < -0.39 is 0 Å². The number of thioether (sulfide) groups is 1. The normalized spacial score (nSPS) is 11.9. The summed E-state index contributed by atoms with van der Waals surface area (Å²) < 4.78 is 13.0. The molecule has 2 aromatic rings. The highest BCUT2D eigenvalue weighted by Gasteiger charge is 2.13. The number of amides is 1. The van der Waals surface area contributed by atoms with Crippen LogP contribution >= 0.6 is 11.8 Å². The molecule has 1 amide bonds. The van der Waals surface area contributed by atoms with Crippen LogP contribution in [0.4, 0.5) is 10.1 Å². The van der Waals surface area contributed by atoms with Gasteiger partial charge in [-0.25, -0.2) is 4.39 Å². The summed E-state index contributed by atoms with van der Waals surface area (Å²) in [6.45, 7) is 1.85. The number of hydrogen-bond donors (Lipinski definition) is 1. The second kappa shape index (κ2) is 7.10. The Bertz CT molecular complexity index is 574. The third-order valence-electron chi connectivity index (χ3n) is 2.80. The summed E-state index contributed by atoms with van der Waals surface area (Å²) in [6.07, 6.45) is 0. The van der Waals surface area contributed by atoms with Crippen molar-refractivity contribution in [3.05, 3.63) is 66.0 Å². The van der Waals surface area contributed by atoms with Gasteiger partial charge in [-0.15, -0.1) is 11.8 Å². The van der Waals surface area contributed by atoms with Crippen molar-refractivity contribution in [1.82, 2.24) is 0 Å². The molecule has 0 fully saturated rings. The quantitative estimate of drug-likeness (QED) is 0.898. The van der Waals surface area contributed by atoms with Gasteiger partial charge < -0.3 is 5.32 Å².